The van der Waals surface area contributed by atoms with Gasteiger partial charge in [0.15, 0.2) is 5.78 Å². The van der Waals surface area contributed by atoms with Crippen molar-refractivity contribution in [3.63, 3.8) is 0 Å². The number of hydrogen-bond donors (Lipinski definition) is 2. The number of rotatable bonds is 4. The van der Waals surface area contributed by atoms with Crippen LogP contribution >= 0.6 is 0 Å². The first-order valence-corrected chi connectivity index (χ1v) is 6.23. The molecule has 5 nitrogen and oxygen atoms in total. The van der Waals surface area contributed by atoms with Crippen molar-refractivity contribution in [3.05, 3.63) is 41.1 Å². The molecule has 1 aliphatic heterocycles. The zero-order valence-electron chi connectivity index (χ0n) is 11.4. The Bertz CT molecular complexity index is 614. The number of allylic oxidation sites excluding steroid dienone is 1. The molecular weight excluding hydrogens is 282 g/mol. The molecule has 2 rings (SSSR count). The SMILES string of the molecule is CC(=O)C1=C(C)NC(=O)NC1c1ccccc1OC(F)F. The van der Waals surface area contributed by atoms with Gasteiger partial charge in [-0.1, -0.05) is 18.2 Å². The molecule has 0 radical (unpaired) electrons. The molecule has 0 bridgehead atoms. The third-order valence-electron chi connectivity index (χ3n) is 3.09. The van der Waals surface area contributed by atoms with Gasteiger partial charge in [-0.2, -0.15) is 8.78 Å². The molecule has 112 valence electrons. The third kappa shape index (κ3) is 3.18. The molecule has 1 atom stereocenters. The Labute approximate surface area is 120 Å². The number of alkyl halides is 2. The van der Waals surface area contributed by atoms with E-state index in [1.807, 2.05) is 0 Å². The first-order chi connectivity index (χ1) is 9.90. The van der Waals surface area contributed by atoms with E-state index in [0.29, 0.717) is 16.8 Å². The zero-order chi connectivity index (χ0) is 15.6. The average Bonchev–Trinajstić information content (AvgIpc) is 2.37. The Morgan fingerprint density at radius 2 is 2.00 bits per heavy atom. The number of nitrogens with one attached hydrogen (secondary N) is 2. The van der Waals surface area contributed by atoms with Crippen molar-refractivity contribution in [2.75, 3.05) is 0 Å². The minimum atomic E-state index is -2.99. The second-order valence-electron chi connectivity index (χ2n) is 4.54. The van der Waals surface area contributed by atoms with Crippen molar-refractivity contribution >= 4 is 11.8 Å². The molecule has 1 aromatic carbocycles. The molecule has 0 aromatic heterocycles. The lowest BCUT2D eigenvalue weighted by Gasteiger charge is -2.29. The molecule has 1 heterocycles. The number of carbonyl (C=O) groups excluding carboxylic acids is 2. The minimum absolute atomic E-state index is 0.0775. The van der Waals surface area contributed by atoms with Gasteiger partial charge in [-0.05, 0) is 19.9 Å². The van der Waals surface area contributed by atoms with Crippen LogP contribution in [0.2, 0.25) is 0 Å². The summed E-state index contributed by atoms with van der Waals surface area (Å²) in [6.45, 7) is -0.0601. The number of Topliss-reactive ketones (excluding diaryl/α,β-unsaturated/α-hetero) is 1. The number of amides is 2. The summed E-state index contributed by atoms with van der Waals surface area (Å²) in [5.41, 5.74) is 1.00. The topological polar surface area (TPSA) is 67.4 Å². The van der Waals surface area contributed by atoms with E-state index in [2.05, 4.69) is 15.4 Å². The maximum atomic E-state index is 12.5. The highest BCUT2D eigenvalue weighted by Gasteiger charge is 2.31. The van der Waals surface area contributed by atoms with E-state index in [1.54, 1.807) is 13.0 Å². The number of ketones is 1. The van der Waals surface area contributed by atoms with E-state index >= 15 is 0 Å². The van der Waals surface area contributed by atoms with Crippen LogP contribution in [0.4, 0.5) is 13.6 Å². The fourth-order valence-electron chi connectivity index (χ4n) is 2.32. The van der Waals surface area contributed by atoms with E-state index in [0.717, 1.165) is 0 Å². The van der Waals surface area contributed by atoms with Crippen LogP contribution in [0.15, 0.2) is 35.5 Å². The number of carbonyl (C=O) groups is 2. The summed E-state index contributed by atoms with van der Waals surface area (Å²) in [4.78, 5) is 23.4. The largest absolute Gasteiger partial charge is 0.434 e. The van der Waals surface area contributed by atoms with Crippen LogP contribution < -0.4 is 15.4 Å². The summed E-state index contributed by atoms with van der Waals surface area (Å²) in [5.74, 6) is -0.344. The van der Waals surface area contributed by atoms with E-state index in [1.165, 1.54) is 25.1 Å². The fourth-order valence-corrected chi connectivity index (χ4v) is 2.32. The number of para-hydroxylation sites is 1. The molecule has 21 heavy (non-hydrogen) atoms. The molecule has 1 aromatic rings. The van der Waals surface area contributed by atoms with Gasteiger partial charge in [-0.25, -0.2) is 4.79 Å². The smallest absolute Gasteiger partial charge is 0.387 e. The van der Waals surface area contributed by atoms with Crippen molar-refractivity contribution < 1.29 is 23.1 Å². The fraction of sp³-hybridized carbons (Fsp3) is 0.286. The van der Waals surface area contributed by atoms with Crippen LogP contribution in [0.5, 0.6) is 5.75 Å². The highest BCUT2D eigenvalue weighted by Crippen LogP contribution is 2.33. The van der Waals surface area contributed by atoms with Crippen molar-refractivity contribution in [2.45, 2.75) is 26.5 Å². The summed E-state index contributed by atoms with van der Waals surface area (Å²) in [6, 6.07) is 4.72. The van der Waals surface area contributed by atoms with Crippen molar-refractivity contribution in [3.8, 4) is 5.75 Å². The van der Waals surface area contributed by atoms with Crippen LogP contribution in [-0.2, 0) is 4.79 Å². The number of ether oxygens (including phenoxy) is 1. The standard InChI is InChI=1S/C14H14F2N2O3/c1-7-11(8(2)19)12(18-14(20)17-7)9-5-3-4-6-10(9)21-13(15)16/h3-6,12-13H,1-2H3,(H2,17,18,20). The van der Waals surface area contributed by atoms with Crippen molar-refractivity contribution in [2.24, 2.45) is 0 Å². The predicted octanol–water partition coefficient (Wildman–Crippen LogP) is 2.50. The normalized spacial score (nSPS) is 18.3. The molecule has 2 N–H and O–H groups in total. The Hall–Kier alpha value is -2.44. The highest BCUT2D eigenvalue weighted by atomic mass is 19.3. The van der Waals surface area contributed by atoms with Gasteiger partial charge in [-0.3, -0.25) is 4.79 Å². The number of hydrogen-bond acceptors (Lipinski definition) is 3. The van der Waals surface area contributed by atoms with Gasteiger partial charge in [0.25, 0.3) is 0 Å². The lowest BCUT2D eigenvalue weighted by atomic mass is 9.92. The van der Waals surface area contributed by atoms with Gasteiger partial charge in [0.05, 0.1) is 6.04 Å². The Balaban J connectivity index is 2.51. The number of benzene rings is 1. The molecule has 0 saturated heterocycles. The molecule has 0 fully saturated rings. The summed E-state index contributed by atoms with van der Waals surface area (Å²) in [7, 11) is 0. The maximum absolute atomic E-state index is 12.5. The molecule has 0 spiro atoms. The molecule has 1 aliphatic rings. The zero-order valence-corrected chi connectivity index (χ0v) is 11.4. The summed E-state index contributed by atoms with van der Waals surface area (Å²) >= 11 is 0. The third-order valence-corrected chi connectivity index (χ3v) is 3.09. The first-order valence-electron chi connectivity index (χ1n) is 6.23. The second-order valence-corrected chi connectivity index (χ2v) is 4.54. The Kier molecular flexibility index (Phi) is 4.21. The molecular formula is C14H14F2N2O3. The summed E-state index contributed by atoms with van der Waals surface area (Å²) in [6.07, 6.45) is 0. The second kappa shape index (κ2) is 5.90. The lowest BCUT2D eigenvalue weighted by Crippen LogP contribution is -2.44. The van der Waals surface area contributed by atoms with E-state index in [9.17, 15) is 18.4 Å². The minimum Gasteiger partial charge on any atom is -0.434 e. The van der Waals surface area contributed by atoms with Crippen molar-refractivity contribution in [1.29, 1.82) is 0 Å². The monoisotopic (exact) mass is 296 g/mol. The maximum Gasteiger partial charge on any atom is 0.387 e. The van der Waals surface area contributed by atoms with Crippen LogP contribution in [-0.4, -0.2) is 18.4 Å². The van der Waals surface area contributed by atoms with Gasteiger partial charge < -0.3 is 15.4 Å². The van der Waals surface area contributed by atoms with Gasteiger partial charge in [0.2, 0.25) is 0 Å². The average molecular weight is 296 g/mol. The van der Waals surface area contributed by atoms with E-state index in [-0.39, 0.29) is 11.5 Å². The summed E-state index contributed by atoms with van der Waals surface area (Å²) in [5, 5.41) is 5.04. The van der Waals surface area contributed by atoms with Gasteiger partial charge in [0.1, 0.15) is 5.75 Å². The van der Waals surface area contributed by atoms with Crippen LogP contribution in [0.25, 0.3) is 0 Å². The molecule has 0 saturated carbocycles. The number of urea groups is 1. The van der Waals surface area contributed by atoms with Gasteiger partial charge in [0, 0.05) is 16.8 Å². The first kappa shape index (κ1) is 15.0. The molecule has 0 aliphatic carbocycles. The number of halogens is 2. The Morgan fingerprint density at radius 3 is 2.62 bits per heavy atom. The van der Waals surface area contributed by atoms with Crippen LogP contribution in [0.3, 0.4) is 0 Å². The highest BCUT2D eigenvalue weighted by molar-refractivity contribution is 5.98. The van der Waals surface area contributed by atoms with Gasteiger partial charge >= 0.3 is 12.6 Å². The molecule has 1 unspecified atom stereocenters. The van der Waals surface area contributed by atoms with Crippen LogP contribution in [0, 0.1) is 0 Å². The lowest BCUT2D eigenvalue weighted by molar-refractivity contribution is -0.114. The molecule has 7 heteroatoms. The van der Waals surface area contributed by atoms with Crippen molar-refractivity contribution in [1.82, 2.24) is 10.6 Å². The van der Waals surface area contributed by atoms with E-state index < -0.39 is 18.7 Å². The Morgan fingerprint density at radius 1 is 1.33 bits per heavy atom. The predicted molar refractivity (Wildman–Crippen MR) is 70.9 cm³/mol. The quantitative estimate of drug-likeness (QED) is 0.897. The summed E-state index contributed by atoms with van der Waals surface area (Å²) < 4.78 is 29.4. The van der Waals surface area contributed by atoms with E-state index in [4.69, 9.17) is 0 Å². The van der Waals surface area contributed by atoms with Gasteiger partial charge in [-0.15, -0.1) is 0 Å². The van der Waals surface area contributed by atoms with Crippen LogP contribution in [0.1, 0.15) is 25.5 Å². The molecule has 2 amide bonds.